The summed E-state index contributed by atoms with van der Waals surface area (Å²) in [6, 6.07) is 4.68. The summed E-state index contributed by atoms with van der Waals surface area (Å²) in [5.41, 5.74) is 6.27. The number of aryl methyl sites for hydroxylation is 1. The van der Waals surface area contributed by atoms with Crippen molar-refractivity contribution in [2.24, 2.45) is 0 Å². The summed E-state index contributed by atoms with van der Waals surface area (Å²) in [4.78, 5) is 0. The third-order valence-electron chi connectivity index (χ3n) is 3.17. The minimum Gasteiger partial charge on any atom is -0.0561 e. The Bertz CT molecular complexity index is 348. The molecular formula is C16H26. The normalized spacial score (nSPS) is 13.0. The first-order valence-electron chi connectivity index (χ1n) is 6.15. The molecule has 0 atom stereocenters. The molecule has 90 valence electrons. The van der Waals surface area contributed by atoms with E-state index in [4.69, 9.17) is 0 Å². The summed E-state index contributed by atoms with van der Waals surface area (Å²) < 4.78 is 0. The van der Waals surface area contributed by atoms with Crippen molar-refractivity contribution in [2.75, 3.05) is 0 Å². The summed E-state index contributed by atoms with van der Waals surface area (Å²) in [6.45, 7) is 18.2. The van der Waals surface area contributed by atoms with Gasteiger partial charge < -0.3 is 0 Å². The Morgan fingerprint density at radius 3 is 1.25 bits per heavy atom. The fourth-order valence-electron chi connectivity index (χ4n) is 2.42. The van der Waals surface area contributed by atoms with E-state index in [0.717, 1.165) is 0 Å². The molecule has 0 aliphatic heterocycles. The zero-order chi connectivity index (χ0) is 12.7. The van der Waals surface area contributed by atoms with Gasteiger partial charge in [0.25, 0.3) is 0 Å². The molecule has 0 nitrogen and oxygen atoms in total. The van der Waals surface area contributed by atoms with Gasteiger partial charge in [0.15, 0.2) is 0 Å². The van der Waals surface area contributed by atoms with E-state index in [2.05, 4.69) is 67.5 Å². The van der Waals surface area contributed by atoms with E-state index in [1.165, 1.54) is 22.3 Å². The number of hydrogen-bond acceptors (Lipinski definition) is 0. The number of rotatable bonds is 0. The van der Waals surface area contributed by atoms with Crippen LogP contribution >= 0.6 is 0 Å². The van der Waals surface area contributed by atoms with Gasteiger partial charge in [0.05, 0.1) is 0 Å². The third-order valence-corrected chi connectivity index (χ3v) is 3.17. The highest BCUT2D eigenvalue weighted by Crippen LogP contribution is 2.34. The topological polar surface area (TPSA) is 0 Å². The summed E-state index contributed by atoms with van der Waals surface area (Å²) >= 11 is 0. The van der Waals surface area contributed by atoms with Crippen molar-refractivity contribution in [3.63, 3.8) is 0 Å². The van der Waals surface area contributed by atoms with Gasteiger partial charge in [-0.05, 0) is 41.4 Å². The predicted molar refractivity (Wildman–Crippen MR) is 73.3 cm³/mol. The van der Waals surface area contributed by atoms with Crippen LogP contribution in [0.5, 0.6) is 0 Å². The van der Waals surface area contributed by atoms with E-state index in [1.807, 2.05) is 0 Å². The highest BCUT2D eigenvalue weighted by Gasteiger charge is 2.23. The first kappa shape index (κ1) is 13.3. The van der Waals surface area contributed by atoms with Crippen LogP contribution in [0.2, 0.25) is 0 Å². The lowest BCUT2D eigenvalue weighted by Gasteiger charge is -2.29. The molecule has 0 saturated heterocycles. The molecule has 0 amide bonds. The second kappa shape index (κ2) is 3.91. The Hall–Kier alpha value is -0.780. The lowest BCUT2D eigenvalue weighted by molar-refractivity contribution is 0.560. The molecule has 0 unspecified atom stereocenters. The van der Waals surface area contributed by atoms with Crippen LogP contribution in [-0.4, -0.2) is 0 Å². The maximum atomic E-state index is 2.34. The summed E-state index contributed by atoms with van der Waals surface area (Å²) in [5.74, 6) is 0. The van der Waals surface area contributed by atoms with Gasteiger partial charge in [-0.3, -0.25) is 0 Å². The van der Waals surface area contributed by atoms with Crippen molar-refractivity contribution in [3.05, 3.63) is 34.4 Å². The first-order chi connectivity index (χ1) is 7.03. The van der Waals surface area contributed by atoms with Crippen molar-refractivity contribution in [1.29, 1.82) is 0 Å². The predicted octanol–water partition coefficient (Wildman–Crippen LogP) is 4.90. The summed E-state index contributed by atoms with van der Waals surface area (Å²) in [5, 5.41) is 0. The fraction of sp³-hybridized carbons (Fsp3) is 0.625. The SMILES string of the molecule is Cc1cc(C(C)(C)C)c(C)c(C(C)(C)C)c1. The van der Waals surface area contributed by atoms with Crippen molar-refractivity contribution >= 4 is 0 Å². The van der Waals surface area contributed by atoms with Crippen molar-refractivity contribution in [2.45, 2.75) is 66.2 Å². The Labute approximate surface area is 101 Å². The highest BCUT2D eigenvalue weighted by molar-refractivity contribution is 5.44. The molecule has 0 aliphatic carbocycles. The molecule has 0 N–H and O–H groups in total. The van der Waals surface area contributed by atoms with Crippen molar-refractivity contribution < 1.29 is 0 Å². The summed E-state index contributed by atoms with van der Waals surface area (Å²) in [6.07, 6.45) is 0. The van der Waals surface area contributed by atoms with Crippen LogP contribution in [0.25, 0.3) is 0 Å². The van der Waals surface area contributed by atoms with E-state index in [1.54, 1.807) is 0 Å². The average molecular weight is 218 g/mol. The lowest BCUT2D eigenvalue weighted by Crippen LogP contribution is -2.19. The van der Waals surface area contributed by atoms with Gasteiger partial charge in [-0.15, -0.1) is 0 Å². The van der Waals surface area contributed by atoms with Crippen LogP contribution in [0.4, 0.5) is 0 Å². The lowest BCUT2D eigenvalue weighted by atomic mass is 9.76. The molecule has 0 heterocycles. The highest BCUT2D eigenvalue weighted by atomic mass is 14.3. The molecule has 16 heavy (non-hydrogen) atoms. The smallest absolute Gasteiger partial charge is 0.0129 e. The van der Waals surface area contributed by atoms with Gasteiger partial charge in [0.1, 0.15) is 0 Å². The molecule has 0 fully saturated rings. The molecule has 1 aromatic carbocycles. The third kappa shape index (κ3) is 2.66. The van der Waals surface area contributed by atoms with Crippen LogP contribution in [-0.2, 0) is 10.8 Å². The van der Waals surface area contributed by atoms with Crippen LogP contribution in [0, 0.1) is 13.8 Å². The molecule has 1 aromatic rings. The van der Waals surface area contributed by atoms with Gasteiger partial charge >= 0.3 is 0 Å². The quantitative estimate of drug-likeness (QED) is 0.581. The van der Waals surface area contributed by atoms with Gasteiger partial charge in [0, 0.05) is 0 Å². The van der Waals surface area contributed by atoms with E-state index >= 15 is 0 Å². The number of benzene rings is 1. The van der Waals surface area contributed by atoms with E-state index < -0.39 is 0 Å². The molecule has 0 heteroatoms. The maximum absolute atomic E-state index is 2.34. The first-order valence-corrected chi connectivity index (χ1v) is 6.15. The second-order valence-electron chi connectivity index (χ2n) is 6.99. The van der Waals surface area contributed by atoms with E-state index in [-0.39, 0.29) is 10.8 Å². The maximum Gasteiger partial charge on any atom is -0.0129 e. The molecule has 0 spiro atoms. The van der Waals surface area contributed by atoms with Crippen LogP contribution in [0.3, 0.4) is 0 Å². The van der Waals surface area contributed by atoms with Crippen LogP contribution < -0.4 is 0 Å². The van der Waals surface area contributed by atoms with E-state index in [9.17, 15) is 0 Å². The van der Waals surface area contributed by atoms with Crippen molar-refractivity contribution in [3.8, 4) is 0 Å². The van der Waals surface area contributed by atoms with Gasteiger partial charge in [-0.1, -0.05) is 59.2 Å². The average Bonchev–Trinajstić information content (AvgIpc) is 2.04. The molecular weight excluding hydrogens is 192 g/mol. The zero-order valence-corrected chi connectivity index (χ0v) is 12.2. The zero-order valence-electron chi connectivity index (χ0n) is 12.2. The van der Waals surface area contributed by atoms with Gasteiger partial charge in [0.2, 0.25) is 0 Å². The molecule has 0 saturated carbocycles. The standard InChI is InChI=1S/C16H26/c1-11-9-13(15(3,4)5)12(2)14(10-11)16(6,7)8/h9-10H,1-8H3. The molecule has 1 rings (SSSR count). The Morgan fingerprint density at radius 1 is 0.688 bits per heavy atom. The van der Waals surface area contributed by atoms with Crippen LogP contribution in [0.1, 0.15) is 63.8 Å². The fourth-order valence-corrected chi connectivity index (χ4v) is 2.42. The number of hydrogen-bond donors (Lipinski definition) is 0. The summed E-state index contributed by atoms with van der Waals surface area (Å²) in [7, 11) is 0. The van der Waals surface area contributed by atoms with Gasteiger partial charge in [-0.2, -0.15) is 0 Å². The molecule has 0 aliphatic rings. The van der Waals surface area contributed by atoms with E-state index in [0.29, 0.717) is 0 Å². The Balaban J connectivity index is 3.51. The van der Waals surface area contributed by atoms with Crippen LogP contribution in [0.15, 0.2) is 12.1 Å². The Morgan fingerprint density at radius 2 is 1.00 bits per heavy atom. The molecule has 0 radical (unpaired) electrons. The van der Waals surface area contributed by atoms with Gasteiger partial charge in [-0.25, -0.2) is 0 Å². The monoisotopic (exact) mass is 218 g/mol. The molecule has 0 aromatic heterocycles. The minimum atomic E-state index is 0.232. The minimum absolute atomic E-state index is 0.232. The second-order valence-corrected chi connectivity index (χ2v) is 6.99. The molecule has 0 bridgehead atoms. The van der Waals surface area contributed by atoms with Crippen molar-refractivity contribution in [1.82, 2.24) is 0 Å². The largest absolute Gasteiger partial charge is 0.0561 e. The Kier molecular flexibility index (Phi) is 3.24.